The molecule has 2 N–H and O–H groups in total. The van der Waals surface area contributed by atoms with E-state index in [9.17, 15) is 22.8 Å². The van der Waals surface area contributed by atoms with Crippen LogP contribution in [-0.2, 0) is 4.79 Å². The molecule has 19 heavy (non-hydrogen) atoms. The Labute approximate surface area is 108 Å². The Morgan fingerprint density at radius 2 is 1.79 bits per heavy atom. The molecule has 1 aliphatic heterocycles. The summed E-state index contributed by atoms with van der Waals surface area (Å²) in [5, 5.41) is 10.5. The fraction of sp³-hybridized carbons (Fsp3) is 0.800. The van der Waals surface area contributed by atoms with Crippen molar-refractivity contribution in [3.8, 4) is 0 Å². The molecule has 1 aliphatic rings. The molecule has 1 rings (SSSR count). The minimum Gasteiger partial charge on any atom is -0.465 e. The Morgan fingerprint density at radius 1 is 1.26 bits per heavy atom. The lowest BCUT2D eigenvalue weighted by atomic mass is 10.2. The van der Waals surface area contributed by atoms with E-state index in [1.54, 1.807) is 0 Å². The van der Waals surface area contributed by atoms with Gasteiger partial charge in [0, 0.05) is 26.2 Å². The first-order valence-electron chi connectivity index (χ1n) is 5.76. The summed E-state index contributed by atoms with van der Waals surface area (Å²) in [6.45, 7) is 1.01. The Bertz CT molecular complexity index is 341. The topological polar surface area (TPSA) is 72.9 Å². The van der Waals surface area contributed by atoms with E-state index in [0.29, 0.717) is 0 Å². The lowest BCUT2D eigenvalue weighted by Crippen LogP contribution is -2.55. The standard InChI is InChI=1S/C10H16F3N3O3/c1-7(14-9(18)19)8(17)16-4-2-15(3-5-16)6-10(11,12)13/h7,14H,2-6H2,1H3,(H,18,19)/t7-/m0/s1. The van der Waals surface area contributed by atoms with Crippen molar-refractivity contribution in [3.05, 3.63) is 0 Å². The van der Waals surface area contributed by atoms with Crippen LogP contribution in [0.1, 0.15) is 6.92 Å². The number of halogens is 3. The zero-order valence-corrected chi connectivity index (χ0v) is 10.4. The molecular weight excluding hydrogens is 267 g/mol. The first-order valence-corrected chi connectivity index (χ1v) is 5.76. The molecule has 0 unspecified atom stereocenters. The zero-order chi connectivity index (χ0) is 14.6. The van der Waals surface area contributed by atoms with Crippen LogP contribution in [0.3, 0.4) is 0 Å². The van der Waals surface area contributed by atoms with Crippen molar-refractivity contribution in [1.82, 2.24) is 15.1 Å². The van der Waals surface area contributed by atoms with Crippen molar-refractivity contribution in [1.29, 1.82) is 0 Å². The number of nitrogens with one attached hydrogen (secondary N) is 1. The highest BCUT2D eigenvalue weighted by Crippen LogP contribution is 2.17. The van der Waals surface area contributed by atoms with Crippen LogP contribution >= 0.6 is 0 Å². The molecular formula is C10H16F3N3O3. The second-order valence-corrected chi connectivity index (χ2v) is 4.39. The van der Waals surface area contributed by atoms with Crippen LogP contribution in [0.15, 0.2) is 0 Å². The number of rotatable bonds is 3. The molecule has 0 aromatic rings. The highest BCUT2D eigenvalue weighted by atomic mass is 19.4. The summed E-state index contributed by atoms with van der Waals surface area (Å²) in [4.78, 5) is 24.8. The molecule has 0 saturated carbocycles. The maximum atomic E-state index is 12.2. The number of alkyl halides is 3. The maximum absolute atomic E-state index is 12.2. The number of piperazine rings is 1. The molecule has 0 spiro atoms. The van der Waals surface area contributed by atoms with Gasteiger partial charge in [-0.05, 0) is 6.92 Å². The third-order valence-electron chi connectivity index (χ3n) is 2.80. The van der Waals surface area contributed by atoms with E-state index in [-0.39, 0.29) is 26.2 Å². The minimum atomic E-state index is -4.25. The highest BCUT2D eigenvalue weighted by Gasteiger charge is 2.33. The van der Waals surface area contributed by atoms with Crippen molar-refractivity contribution >= 4 is 12.0 Å². The summed E-state index contributed by atoms with van der Waals surface area (Å²) < 4.78 is 36.5. The van der Waals surface area contributed by atoms with Crippen LogP contribution in [0.25, 0.3) is 0 Å². The molecule has 1 heterocycles. The van der Waals surface area contributed by atoms with E-state index in [1.807, 2.05) is 5.32 Å². The van der Waals surface area contributed by atoms with Crippen LogP contribution in [-0.4, -0.2) is 71.8 Å². The molecule has 1 atom stereocenters. The van der Waals surface area contributed by atoms with Gasteiger partial charge in [-0.25, -0.2) is 4.79 Å². The molecule has 2 amide bonds. The lowest BCUT2D eigenvalue weighted by Gasteiger charge is -2.36. The average molecular weight is 283 g/mol. The van der Waals surface area contributed by atoms with Crippen molar-refractivity contribution in [2.45, 2.75) is 19.1 Å². The molecule has 110 valence electrons. The summed E-state index contributed by atoms with van der Waals surface area (Å²) in [7, 11) is 0. The number of carbonyl (C=O) groups excluding carboxylic acids is 1. The van der Waals surface area contributed by atoms with Crippen molar-refractivity contribution in [2.75, 3.05) is 32.7 Å². The monoisotopic (exact) mass is 283 g/mol. The quantitative estimate of drug-likeness (QED) is 0.784. The number of hydrogen-bond acceptors (Lipinski definition) is 3. The van der Waals surface area contributed by atoms with E-state index < -0.39 is 30.8 Å². The zero-order valence-electron chi connectivity index (χ0n) is 10.4. The molecule has 6 nitrogen and oxygen atoms in total. The molecule has 9 heteroatoms. The van der Waals surface area contributed by atoms with Gasteiger partial charge in [0.05, 0.1) is 6.54 Å². The van der Waals surface area contributed by atoms with Gasteiger partial charge in [-0.1, -0.05) is 0 Å². The lowest BCUT2D eigenvalue weighted by molar-refractivity contribution is -0.152. The van der Waals surface area contributed by atoms with Gasteiger partial charge in [-0.15, -0.1) is 0 Å². The average Bonchev–Trinajstić information content (AvgIpc) is 2.26. The van der Waals surface area contributed by atoms with E-state index in [2.05, 4.69) is 0 Å². The molecule has 0 aliphatic carbocycles. The third-order valence-corrected chi connectivity index (χ3v) is 2.80. The summed E-state index contributed by atoms with van der Waals surface area (Å²) >= 11 is 0. The molecule has 0 aromatic heterocycles. The van der Waals surface area contributed by atoms with Crippen LogP contribution in [0, 0.1) is 0 Å². The van der Waals surface area contributed by atoms with E-state index in [4.69, 9.17) is 5.11 Å². The van der Waals surface area contributed by atoms with Crippen LogP contribution in [0.4, 0.5) is 18.0 Å². The van der Waals surface area contributed by atoms with E-state index in [0.717, 1.165) is 0 Å². The second-order valence-electron chi connectivity index (χ2n) is 4.39. The van der Waals surface area contributed by atoms with Gasteiger partial charge in [0.15, 0.2) is 0 Å². The fourth-order valence-electron chi connectivity index (χ4n) is 1.90. The predicted molar refractivity (Wildman–Crippen MR) is 59.7 cm³/mol. The predicted octanol–water partition coefficient (Wildman–Crippen LogP) is 0.349. The summed E-state index contributed by atoms with van der Waals surface area (Å²) in [5.41, 5.74) is 0. The van der Waals surface area contributed by atoms with Gasteiger partial charge in [0.1, 0.15) is 6.04 Å². The Balaban J connectivity index is 2.41. The van der Waals surface area contributed by atoms with Crippen LogP contribution < -0.4 is 5.32 Å². The number of hydrogen-bond donors (Lipinski definition) is 2. The molecule has 0 bridgehead atoms. The Kier molecular flexibility index (Phi) is 4.98. The van der Waals surface area contributed by atoms with E-state index in [1.165, 1.54) is 16.7 Å². The molecule has 1 fully saturated rings. The normalized spacial score (nSPS) is 19.1. The number of amides is 2. The highest BCUT2D eigenvalue weighted by molar-refractivity contribution is 5.84. The molecule has 0 radical (unpaired) electrons. The summed E-state index contributed by atoms with van der Waals surface area (Å²) in [5.74, 6) is -0.422. The van der Waals surface area contributed by atoms with Gasteiger partial charge >= 0.3 is 12.3 Å². The van der Waals surface area contributed by atoms with Gasteiger partial charge in [0.2, 0.25) is 5.91 Å². The van der Waals surface area contributed by atoms with Gasteiger partial charge in [-0.2, -0.15) is 13.2 Å². The van der Waals surface area contributed by atoms with Crippen molar-refractivity contribution < 1.29 is 27.9 Å². The molecule has 0 aromatic carbocycles. The minimum absolute atomic E-state index is 0.130. The second kappa shape index (κ2) is 6.09. The Morgan fingerprint density at radius 3 is 2.21 bits per heavy atom. The fourth-order valence-corrected chi connectivity index (χ4v) is 1.90. The van der Waals surface area contributed by atoms with E-state index >= 15 is 0 Å². The van der Waals surface area contributed by atoms with Crippen LogP contribution in [0.5, 0.6) is 0 Å². The van der Waals surface area contributed by atoms with Gasteiger partial charge in [0.25, 0.3) is 0 Å². The van der Waals surface area contributed by atoms with Crippen LogP contribution in [0.2, 0.25) is 0 Å². The van der Waals surface area contributed by atoms with Gasteiger partial charge in [-0.3, -0.25) is 9.69 Å². The number of nitrogens with zero attached hydrogens (tertiary/aromatic N) is 2. The number of carboxylic acid groups (broad SMARTS) is 1. The largest absolute Gasteiger partial charge is 0.465 e. The first kappa shape index (κ1) is 15.5. The first-order chi connectivity index (χ1) is 8.69. The molecule has 1 saturated heterocycles. The van der Waals surface area contributed by atoms with Gasteiger partial charge < -0.3 is 15.3 Å². The third kappa shape index (κ3) is 5.33. The SMILES string of the molecule is C[C@H](NC(=O)O)C(=O)N1CCN(CC(F)(F)F)CC1. The van der Waals surface area contributed by atoms with Crippen molar-refractivity contribution in [3.63, 3.8) is 0 Å². The summed E-state index contributed by atoms with van der Waals surface area (Å²) in [6, 6.07) is -0.897. The Hall–Kier alpha value is -1.51. The maximum Gasteiger partial charge on any atom is 0.405 e. The summed E-state index contributed by atoms with van der Waals surface area (Å²) in [6.07, 6.45) is -5.55. The van der Waals surface area contributed by atoms with Crippen molar-refractivity contribution in [2.24, 2.45) is 0 Å². The smallest absolute Gasteiger partial charge is 0.405 e. The number of carbonyl (C=O) groups is 2.